The van der Waals surface area contributed by atoms with E-state index >= 15 is 0 Å². The summed E-state index contributed by atoms with van der Waals surface area (Å²) in [6.45, 7) is 4.39. The Labute approximate surface area is 127 Å². The number of aromatic nitrogens is 1. The summed E-state index contributed by atoms with van der Waals surface area (Å²) in [5.41, 5.74) is 2.97. The standard InChI is InChI=1S/C15H17NO2S2/c1-10(2)19-8-11-3-5-12(6-4-11)15-16-13(9-20-15)7-14(17)18/h3-6,9-10H,7-8H2,1-2H3,(H,17,18). The molecule has 1 N–H and O–H groups in total. The number of thiazole rings is 1. The van der Waals surface area contributed by atoms with E-state index in [0.29, 0.717) is 10.9 Å². The van der Waals surface area contributed by atoms with Gasteiger partial charge in [-0.3, -0.25) is 4.79 Å². The molecule has 0 aliphatic heterocycles. The molecule has 1 aromatic heterocycles. The van der Waals surface area contributed by atoms with Crippen LogP contribution in [0.4, 0.5) is 0 Å². The van der Waals surface area contributed by atoms with Gasteiger partial charge in [0.2, 0.25) is 0 Å². The first-order valence-electron chi connectivity index (χ1n) is 6.41. The highest BCUT2D eigenvalue weighted by Crippen LogP contribution is 2.25. The first kappa shape index (κ1) is 15.1. The van der Waals surface area contributed by atoms with E-state index < -0.39 is 5.97 Å². The summed E-state index contributed by atoms with van der Waals surface area (Å²) < 4.78 is 0. The molecule has 0 aliphatic carbocycles. The van der Waals surface area contributed by atoms with Crippen molar-refractivity contribution in [3.05, 3.63) is 40.9 Å². The van der Waals surface area contributed by atoms with Crippen LogP contribution in [-0.2, 0) is 17.0 Å². The second-order valence-corrected chi connectivity index (χ2v) is 7.19. The molecule has 0 aliphatic rings. The number of benzene rings is 1. The van der Waals surface area contributed by atoms with Crippen molar-refractivity contribution < 1.29 is 9.90 Å². The molecule has 1 aromatic carbocycles. The number of nitrogens with zero attached hydrogens (tertiary/aromatic N) is 1. The maximum Gasteiger partial charge on any atom is 0.309 e. The monoisotopic (exact) mass is 307 g/mol. The largest absolute Gasteiger partial charge is 0.481 e. The minimum atomic E-state index is -0.845. The third kappa shape index (κ3) is 4.35. The molecule has 0 amide bonds. The molecule has 0 spiro atoms. The third-order valence-corrected chi connectivity index (χ3v) is 4.78. The Morgan fingerprint density at radius 3 is 2.65 bits per heavy atom. The second-order valence-electron chi connectivity index (χ2n) is 4.77. The Bertz CT molecular complexity index is 576. The first-order chi connectivity index (χ1) is 9.54. The predicted octanol–water partition coefficient (Wildman–Crippen LogP) is 4.08. The molecule has 0 saturated heterocycles. The lowest BCUT2D eigenvalue weighted by atomic mass is 10.1. The van der Waals surface area contributed by atoms with Crippen molar-refractivity contribution in [1.82, 2.24) is 4.98 Å². The highest BCUT2D eigenvalue weighted by Gasteiger charge is 2.08. The van der Waals surface area contributed by atoms with Crippen LogP contribution in [0.1, 0.15) is 25.1 Å². The van der Waals surface area contributed by atoms with Gasteiger partial charge in [0.25, 0.3) is 0 Å². The van der Waals surface area contributed by atoms with E-state index in [-0.39, 0.29) is 6.42 Å². The molecule has 0 fully saturated rings. The van der Waals surface area contributed by atoms with E-state index in [4.69, 9.17) is 5.11 Å². The normalized spacial score (nSPS) is 10.9. The summed E-state index contributed by atoms with van der Waals surface area (Å²) in [7, 11) is 0. The quantitative estimate of drug-likeness (QED) is 0.873. The van der Waals surface area contributed by atoms with E-state index in [0.717, 1.165) is 16.3 Å². The SMILES string of the molecule is CC(C)SCc1ccc(-c2nc(CC(=O)O)cs2)cc1. The van der Waals surface area contributed by atoms with Crippen molar-refractivity contribution in [2.24, 2.45) is 0 Å². The van der Waals surface area contributed by atoms with Gasteiger partial charge in [-0.15, -0.1) is 11.3 Å². The average Bonchev–Trinajstić information content (AvgIpc) is 2.84. The number of carboxylic acid groups (broad SMARTS) is 1. The number of hydrogen-bond acceptors (Lipinski definition) is 4. The van der Waals surface area contributed by atoms with E-state index in [2.05, 4.69) is 43.1 Å². The molecule has 20 heavy (non-hydrogen) atoms. The topological polar surface area (TPSA) is 50.2 Å². The van der Waals surface area contributed by atoms with Crippen LogP contribution < -0.4 is 0 Å². The maximum absolute atomic E-state index is 10.6. The van der Waals surface area contributed by atoms with Gasteiger partial charge in [-0.25, -0.2) is 4.98 Å². The molecule has 3 nitrogen and oxygen atoms in total. The molecule has 2 aromatic rings. The van der Waals surface area contributed by atoms with E-state index in [1.54, 1.807) is 0 Å². The molecule has 106 valence electrons. The van der Waals surface area contributed by atoms with Crippen molar-refractivity contribution >= 4 is 29.1 Å². The van der Waals surface area contributed by atoms with Crippen LogP contribution in [0, 0.1) is 0 Å². The van der Waals surface area contributed by atoms with Gasteiger partial charge < -0.3 is 5.11 Å². The van der Waals surface area contributed by atoms with Gasteiger partial charge in [-0.1, -0.05) is 38.1 Å². The molecule has 5 heteroatoms. The van der Waals surface area contributed by atoms with Crippen LogP contribution in [0.2, 0.25) is 0 Å². The van der Waals surface area contributed by atoms with Crippen LogP contribution in [0.5, 0.6) is 0 Å². The molecule has 2 rings (SSSR count). The summed E-state index contributed by atoms with van der Waals surface area (Å²) in [5, 5.41) is 12.1. The average molecular weight is 307 g/mol. The fourth-order valence-electron chi connectivity index (χ4n) is 1.68. The van der Waals surface area contributed by atoms with Gasteiger partial charge in [0.1, 0.15) is 5.01 Å². The summed E-state index contributed by atoms with van der Waals surface area (Å²) in [4.78, 5) is 15.0. The van der Waals surface area contributed by atoms with Gasteiger partial charge in [-0.05, 0) is 10.8 Å². The van der Waals surface area contributed by atoms with Gasteiger partial charge in [0, 0.05) is 16.7 Å². The Kier molecular flexibility index (Phi) is 5.20. The maximum atomic E-state index is 10.6. The summed E-state index contributed by atoms with van der Waals surface area (Å²) >= 11 is 3.41. The zero-order valence-electron chi connectivity index (χ0n) is 11.5. The minimum Gasteiger partial charge on any atom is -0.481 e. The molecule has 0 unspecified atom stereocenters. The fourth-order valence-corrected chi connectivity index (χ4v) is 3.23. The van der Waals surface area contributed by atoms with Gasteiger partial charge >= 0.3 is 5.97 Å². The fraction of sp³-hybridized carbons (Fsp3) is 0.333. The number of carboxylic acids is 1. The minimum absolute atomic E-state index is 0.0143. The summed E-state index contributed by atoms with van der Waals surface area (Å²) in [6.07, 6.45) is -0.0143. The van der Waals surface area contributed by atoms with Crippen LogP contribution in [0.15, 0.2) is 29.6 Å². The lowest BCUT2D eigenvalue weighted by Crippen LogP contribution is -1.99. The Morgan fingerprint density at radius 1 is 1.35 bits per heavy atom. The highest BCUT2D eigenvalue weighted by molar-refractivity contribution is 7.99. The Balaban J connectivity index is 2.05. The molecule has 0 atom stereocenters. The highest BCUT2D eigenvalue weighted by atomic mass is 32.2. The van der Waals surface area contributed by atoms with Crippen LogP contribution >= 0.6 is 23.1 Å². The van der Waals surface area contributed by atoms with E-state index in [1.807, 2.05) is 17.1 Å². The zero-order chi connectivity index (χ0) is 14.5. The van der Waals surface area contributed by atoms with Gasteiger partial charge in [-0.2, -0.15) is 11.8 Å². The second kappa shape index (κ2) is 6.90. The molecular formula is C15H17NO2S2. The zero-order valence-corrected chi connectivity index (χ0v) is 13.1. The van der Waals surface area contributed by atoms with Crippen molar-refractivity contribution in [3.63, 3.8) is 0 Å². The summed E-state index contributed by atoms with van der Waals surface area (Å²) in [5.74, 6) is 0.169. The molecule has 0 bridgehead atoms. The number of rotatable bonds is 6. The van der Waals surface area contributed by atoms with Crippen molar-refractivity contribution in [2.75, 3.05) is 0 Å². The summed E-state index contributed by atoms with van der Waals surface area (Å²) in [6, 6.07) is 8.34. The lowest BCUT2D eigenvalue weighted by molar-refractivity contribution is -0.136. The Morgan fingerprint density at radius 2 is 2.05 bits per heavy atom. The Hall–Kier alpha value is -1.33. The molecular weight excluding hydrogens is 290 g/mol. The van der Waals surface area contributed by atoms with E-state index in [1.165, 1.54) is 16.9 Å². The number of carbonyl (C=O) groups is 1. The lowest BCUT2D eigenvalue weighted by Gasteiger charge is -2.05. The van der Waals surface area contributed by atoms with E-state index in [9.17, 15) is 4.79 Å². The van der Waals surface area contributed by atoms with Crippen LogP contribution in [0.3, 0.4) is 0 Å². The first-order valence-corrected chi connectivity index (χ1v) is 8.34. The van der Waals surface area contributed by atoms with Crippen molar-refractivity contribution in [2.45, 2.75) is 31.3 Å². The number of thioether (sulfide) groups is 1. The predicted molar refractivity (Wildman–Crippen MR) is 85.3 cm³/mol. The van der Waals surface area contributed by atoms with Crippen molar-refractivity contribution in [3.8, 4) is 10.6 Å². The third-order valence-electron chi connectivity index (χ3n) is 2.67. The molecule has 0 saturated carbocycles. The number of aliphatic carboxylic acids is 1. The van der Waals surface area contributed by atoms with Gasteiger partial charge in [0.05, 0.1) is 12.1 Å². The van der Waals surface area contributed by atoms with Crippen LogP contribution in [-0.4, -0.2) is 21.3 Å². The van der Waals surface area contributed by atoms with Gasteiger partial charge in [0.15, 0.2) is 0 Å². The smallest absolute Gasteiger partial charge is 0.309 e. The number of hydrogen-bond donors (Lipinski definition) is 1. The van der Waals surface area contributed by atoms with Crippen LogP contribution in [0.25, 0.3) is 10.6 Å². The molecule has 1 heterocycles. The molecule has 0 radical (unpaired) electrons. The van der Waals surface area contributed by atoms with Crippen molar-refractivity contribution in [1.29, 1.82) is 0 Å².